The van der Waals surface area contributed by atoms with Gasteiger partial charge >= 0.3 is 5.97 Å². The number of benzene rings is 1. The van der Waals surface area contributed by atoms with E-state index >= 15 is 0 Å². The fraction of sp³-hybridized carbons (Fsp3) is 0.409. The Bertz CT molecular complexity index is 1110. The van der Waals surface area contributed by atoms with Crippen LogP contribution in [0.4, 0.5) is 11.5 Å². The summed E-state index contributed by atoms with van der Waals surface area (Å²) >= 11 is 0. The Morgan fingerprint density at radius 3 is 2.68 bits per heavy atom. The largest absolute Gasteiger partial charge is 0.466 e. The lowest BCUT2D eigenvalue weighted by molar-refractivity contribution is -0.384. The first-order chi connectivity index (χ1) is 14.8. The first-order valence-corrected chi connectivity index (χ1v) is 10.2. The van der Waals surface area contributed by atoms with Gasteiger partial charge in [0.2, 0.25) is 0 Å². The Labute approximate surface area is 179 Å². The molecule has 162 valence electrons. The number of nitrogens with zero attached hydrogens (tertiary/aromatic N) is 3. The number of allylic oxidation sites excluding steroid dienone is 1. The van der Waals surface area contributed by atoms with E-state index in [-0.39, 0.29) is 17.4 Å². The zero-order valence-corrected chi connectivity index (χ0v) is 17.7. The van der Waals surface area contributed by atoms with Crippen LogP contribution in [0.25, 0.3) is 0 Å². The molecule has 0 radical (unpaired) electrons. The number of nitro benzene ring substituents is 1. The van der Waals surface area contributed by atoms with Crippen molar-refractivity contribution in [3.05, 3.63) is 62.5 Å². The molecule has 1 fully saturated rings. The van der Waals surface area contributed by atoms with Crippen LogP contribution < -0.4 is 5.32 Å². The number of hydrogen-bond acceptors (Lipinski definition) is 7. The highest BCUT2D eigenvalue weighted by molar-refractivity contribution is 5.94. The molecule has 1 N–H and O–H groups in total. The number of rotatable bonds is 4. The van der Waals surface area contributed by atoms with Crippen molar-refractivity contribution in [1.82, 2.24) is 9.78 Å². The number of aryl methyl sites for hydroxylation is 1. The molecule has 0 saturated heterocycles. The van der Waals surface area contributed by atoms with E-state index < -0.39 is 16.8 Å². The molecule has 1 saturated carbocycles. The molecule has 1 atom stereocenters. The third-order valence-corrected chi connectivity index (χ3v) is 6.15. The van der Waals surface area contributed by atoms with Crippen LogP contribution in [-0.2, 0) is 21.4 Å². The molecule has 9 nitrogen and oxygen atoms in total. The number of non-ortho nitro benzene ring substituents is 1. The minimum atomic E-state index is -0.565. The van der Waals surface area contributed by atoms with Crippen LogP contribution >= 0.6 is 0 Å². The van der Waals surface area contributed by atoms with Gasteiger partial charge in [-0.3, -0.25) is 19.6 Å². The number of anilines is 1. The molecule has 0 amide bonds. The van der Waals surface area contributed by atoms with Crippen LogP contribution in [0.3, 0.4) is 0 Å². The molecule has 2 heterocycles. The normalized spacial score (nSPS) is 19.1. The van der Waals surface area contributed by atoms with Gasteiger partial charge in [0.15, 0.2) is 0 Å². The highest BCUT2D eigenvalue weighted by Crippen LogP contribution is 2.47. The fourth-order valence-electron chi connectivity index (χ4n) is 4.65. The predicted molar refractivity (Wildman–Crippen MR) is 113 cm³/mol. The highest BCUT2D eigenvalue weighted by atomic mass is 16.6. The number of carbonyl (C=O) groups excluding carboxylic acids is 2. The van der Waals surface area contributed by atoms with E-state index in [0.29, 0.717) is 42.5 Å². The van der Waals surface area contributed by atoms with Gasteiger partial charge < -0.3 is 10.1 Å². The Kier molecular flexibility index (Phi) is 5.34. The number of hydrogen-bond donors (Lipinski definition) is 1. The van der Waals surface area contributed by atoms with Gasteiger partial charge in [-0.25, -0.2) is 4.79 Å². The van der Waals surface area contributed by atoms with E-state index in [9.17, 15) is 19.7 Å². The highest BCUT2D eigenvalue weighted by Gasteiger charge is 2.40. The average Bonchev–Trinajstić information content (AvgIpc) is 3.08. The van der Waals surface area contributed by atoms with E-state index in [1.807, 2.05) is 7.05 Å². The molecule has 0 bridgehead atoms. The lowest BCUT2D eigenvalue weighted by Gasteiger charge is -2.30. The summed E-state index contributed by atoms with van der Waals surface area (Å²) in [4.78, 5) is 35.5. The smallest absolute Gasteiger partial charge is 0.336 e. The van der Waals surface area contributed by atoms with Crippen molar-refractivity contribution in [1.29, 1.82) is 0 Å². The topological polar surface area (TPSA) is 116 Å². The predicted octanol–water partition coefficient (Wildman–Crippen LogP) is 3.56. The van der Waals surface area contributed by atoms with E-state index in [4.69, 9.17) is 9.84 Å². The van der Waals surface area contributed by atoms with Gasteiger partial charge in [-0.15, -0.1) is 0 Å². The van der Waals surface area contributed by atoms with Gasteiger partial charge in [-0.05, 0) is 25.3 Å². The molecule has 31 heavy (non-hydrogen) atoms. The number of fused-ring (bicyclic) bond motifs is 1. The lowest BCUT2D eigenvalue weighted by Crippen LogP contribution is -2.25. The number of nitro groups is 1. The molecule has 1 aliphatic heterocycles. The second-order valence-corrected chi connectivity index (χ2v) is 8.02. The summed E-state index contributed by atoms with van der Waals surface area (Å²) in [7, 11) is 3.14. The number of ketones is 1. The van der Waals surface area contributed by atoms with Crippen molar-refractivity contribution in [2.24, 2.45) is 7.05 Å². The Morgan fingerprint density at radius 2 is 2.03 bits per heavy atom. The van der Waals surface area contributed by atoms with Crippen LogP contribution in [0.15, 0.2) is 35.5 Å². The number of ether oxygens (including phenoxy) is 1. The number of carbonyl (C=O) groups is 2. The van der Waals surface area contributed by atoms with Gasteiger partial charge in [-0.2, -0.15) is 5.10 Å². The maximum absolute atomic E-state index is 12.8. The summed E-state index contributed by atoms with van der Waals surface area (Å²) in [5.41, 5.74) is 3.23. The van der Waals surface area contributed by atoms with Crippen LogP contribution in [0, 0.1) is 10.1 Å². The van der Waals surface area contributed by atoms with E-state index in [2.05, 4.69) is 5.32 Å². The summed E-state index contributed by atoms with van der Waals surface area (Å²) < 4.78 is 6.81. The van der Waals surface area contributed by atoms with Crippen molar-refractivity contribution in [3.8, 4) is 0 Å². The third kappa shape index (κ3) is 3.60. The number of nitrogens with one attached hydrogen (secondary N) is 1. The molecule has 2 aliphatic rings. The van der Waals surface area contributed by atoms with Gasteiger partial charge in [0.25, 0.3) is 5.69 Å². The zero-order chi connectivity index (χ0) is 22.3. The monoisotopic (exact) mass is 424 g/mol. The van der Waals surface area contributed by atoms with Crippen LogP contribution in [0.5, 0.6) is 0 Å². The Balaban J connectivity index is 1.92. The number of aromatic nitrogens is 2. The quantitative estimate of drug-likeness (QED) is 0.453. The molecule has 1 unspecified atom stereocenters. The average molecular weight is 424 g/mol. The SMILES string of the molecule is COC(=O)C1=C(C)Nc2c(c(C3CCC(=O)CC3)nn2C)C1c1cccc([N+](=O)[O-])c1. The van der Waals surface area contributed by atoms with Gasteiger partial charge in [0.05, 0.1) is 23.3 Å². The first-order valence-electron chi connectivity index (χ1n) is 10.2. The fourth-order valence-corrected chi connectivity index (χ4v) is 4.65. The third-order valence-electron chi connectivity index (χ3n) is 6.15. The maximum atomic E-state index is 12.8. The van der Waals surface area contributed by atoms with E-state index in [1.165, 1.54) is 19.2 Å². The van der Waals surface area contributed by atoms with Crippen LogP contribution in [-0.4, -0.2) is 33.6 Å². The van der Waals surface area contributed by atoms with Crippen molar-refractivity contribution in [3.63, 3.8) is 0 Å². The van der Waals surface area contributed by atoms with Crippen molar-refractivity contribution < 1.29 is 19.2 Å². The molecular formula is C22H24N4O5. The second kappa shape index (κ2) is 7.98. The Hall–Kier alpha value is -3.49. The van der Waals surface area contributed by atoms with E-state index in [0.717, 1.165) is 17.1 Å². The number of methoxy groups -OCH3 is 1. The summed E-state index contributed by atoms with van der Waals surface area (Å²) in [5.74, 6) is 0.00705. The molecule has 4 rings (SSSR count). The molecule has 1 aromatic heterocycles. The standard InChI is InChI=1S/C22H24N4O5/c1-12-17(22(28)31-3)18(14-5-4-6-15(11-14)26(29)30)19-20(24-25(2)21(19)23-12)13-7-9-16(27)10-8-13/h4-6,11,13,18,23H,7-10H2,1-3H3. The molecule has 9 heteroatoms. The molecule has 1 aliphatic carbocycles. The molecule has 2 aromatic rings. The van der Waals surface area contributed by atoms with Crippen molar-refractivity contribution >= 4 is 23.3 Å². The number of esters is 1. The van der Waals surface area contributed by atoms with Gasteiger partial charge in [-0.1, -0.05) is 12.1 Å². The van der Waals surface area contributed by atoms with Gasteiger partial charge in [0, 0.05) is 55.1 Å². The first kappa shape index (κ1) is 20.8. The summed E-state index contributed by atoms with van der Waals surface area (Å²) in [6.45, 7) is 1.78. The summed E-state index contributed by atoms with van der Waals surface area (Å²) in [6, 6.07) is 6.33. The zero-order valence-electron chi connectivity index (χ0n) is 17.7. The second-order valence-electron chi connectivity index (χ2n) is 8.02. The van der Waals surface area contributed by atoms with Crippen LogP contribution in [0.2, 0.25) is 0 Å². The van der Waals surface area contributed by atoms with Crippen molar-refractivity contribution in [2.75, 3.05) is 12.4 Å². The minimum Gasteiger partial charge on any atom is -0.466 e. The number of Topliss-reactive ketones (excluding diaryl/α,β-unsaturated/α-hetero) is 1. The molecule has 0 spiro atoms. The Morgan fingerprint density at radius 1 is 1.32 bits per heavy atom. The van der Waals surface area contributed by atoms with Gasteiger partial charge in [0.1, 0.15) is 11.6 Å². The lowest BCUT2D eigenvalue weighted by atomic mass is 9.77. The summed E-state index contributed by atoms with van der Waals surface area (Å²) in [5, 5.41) is 19.4. The minimum absolute atomic E-state index is 0.0480. The maximum Gasteiger partial charge on any atom is 0.336 e. The van der Waals surface area contributed by atoms with E-state index in [1.54, 1.807) is 23.7 Å². The molecule has 1 aromatic carbocycles. The summed E-state index contributed by atoms with van der Waals surface area (Å²) in [6.07, 6.45) is 2.40. The van der Waals surface area contributed by atoms with Crippen LogP contribution in [0.1, 0.15) is 61.3 Å². The van der Waals surface area contributed by atoms with Crippen molar-refractivity contribution in [2.45, 2.75) is 44.4 Å². The molecular weight excluding hydrogens is 400 g/mol.